The average Bonchev–Trinajstić information content (AvgIpc) is 2.46. The van der Waals surface area contributed by atoms with E-state index in [-0.39, 0.29) is 5.82 Å². The first-order valence-corrected chi connectivity index (χ1v) is 7.87. The number of benzene rings is 1. The Morgan fingerprint density at radius 2 is 1.95 bits per heavy atom. The molecule has 3 rings (SSSR count). The van der Waals surface area contributed by atoms with E-state index >= 15 is 0 Å². The highest BCUT2D eigenvalue weighted by atomic mass is 19.1. The molecule has 0 radical (unpaired) electrons. The van der Waals surface area contributed by atoms with Gasteiger partial charge in [0.15, 0.2) is 0 Å². The normalized spacial score (nSPS) is 28.1. The molecule has 1 N–H and O–H groups in total. The zero-order valence-corrected chi connectivity index (χ0v) is 12.2. The van der Waals surface area contributed by atoms with E-state index in [0.717, 1.165) is 36.2 Å². The van der Waals surface area contributed by atoms with Crippen LogP contribution in [0.3, 0.4) is 0 Å². The highest BCUT2D eigenvalue weighted by molar-refractivity contribution is 5.55. The van der Waals surface area contributed by atoms with E-state index in [9.17, 15) is 9.50 Å². The fourth-order valence-electron chi connectivity index (χ4n) is 3.97. The van der Waals surface area contributed by atoms with Crippen molar-refractivity contribution in [2.45, 2.75) is 45.1 Å². The lowest BCUT2D eigenvalue weighted by Crippen LogP contribution is -2.42. The quantitative estimate of drug-likeness (QED) is 0.886. The third-order valence-corrected chi connectivity index (χ3v) is 5.07. The van der Waals surface area contributed by atoms with Gasteiger partial charge in [-0.1, -0.05) is 19.3 Å². The zero-order chi connectivity index (χ0) is 14.1. The third-order valence-electron chi connectivity index (χ3n) is 5.07. The maximum absolute atomic E-state index is 13.4. The van der Waals surface area contributed by atoms with E-state index in [1.54, 1.807) is 6.92 Å². The molecule has 3 atom stereocenters. The van der Waals surface area contributed by atoms with Crippen LogP contribution in [0.5, 0.6) is 0 Å². The predicted molar refractivity (Wildman–Crippen MR) is 79.3 cm³/mol. The van der Waals surface area contributed by atoms with Gasteiger partial charge in [-0.25, -0.2) is 4.39 Å². The number of aliphatic hydroxyl groups is 1. The molecule has 0 aromatic heterocycles. The number of fused-ring (bicyclic) bond motifs is 1. The summed E-state index contributed by atoms with van der Waals surface area (Å²) in [5, 5.41) is 9.90. The third kappa shape index (κ3) is 2.69. The topological polar surface area (TPSA) is 23.5 Å². The Kier molecular flexibility index (Phi) is 3.97. The molecule has 0 amide bonds. The second kappa shape index (κ2) is 5.72. The Hall–Kier alpha value is -1.09. The molecule has 3 heteroatoms. The van der Waals surface area contributed by atoms with Gasteiger partial charge in [0.05, 0.1) is 6.10 Å². The summed E-state index contributed by atoms with van der Waals surface area (Å²) in [6.45, 7) is 3.81. The molecule has 1 aromatic rings. The van der Waals surface area contributed by atoms with Gasteiger partial charge in [-0.15, -0.1) is 0 Å². The van der Waals surface area contributed by atoms with Crippen molar-refractivity contribution in [3.8, 4) is 0 Å². The summed E-state index contributed by atoms with van der Waals surface area (Å²) in [7, 11) is 0. The Labute approximate surface area is 120 Å². The number of nitrogens with zero attached hydrogens (tertiary/aromatic N) is 1. The second-order valence-electron chi connectivity index (χ2n) is 6.42. The lowest BCUT2D eigenvalue weighted by atomic mass is 9.75. The number of halogens is 1. The highest BCUT2D eigenvalue weighted by Crippen LogP contribution is 2.39. The molecular weight excluding hydrogens is 253 g/mol. The minimum absolute atomic E-state index is 0.266. The molecule has 1 aliphatic heterocycles. The molecule has 1 saturated carbocycles. The molecule has 2 aliphatic rings. The van der Waals surface area contributed by atoms with Crippen LogP contribution in [-0.2, 0) is 0 Å². The largest absolute Gasteiger partial charge is 0.389 e. The van der Waals surface area contributed by atoms with Crippen LogP contribution in [0.25, 0.3) is 0 Å². The van der Waals surface area contributed by atoms with Gasteiger partial charge in [-0.05, 0) is 49.8 Å². The number of anilines is 1. The van der Waals surface area contributed by atoms with Gasteiger partial charge in [-0.2, -0.15) is 0 Å². The van der Waals surface area contributed by atoms with E-state index in [2.05, 4.69) is 4.90 Å². The van der Waals surface area contributed by atoms with Crippen LogP contribution >= 0.6 is 0 Å². The van der Waals surface area contributed by atoms with Crippen molar-refractivity contribution in [2.24, 2.45) is 11.8 Å². The van der Waals surface area contributed by atoms with Gasteiger partial charge < -0.3 is 10.0 Å². The van der Waals surface area contributed by atoms with Crippen LogP contribution in [0.15, 0.2) is 18.2 Å². The lowest BCUT2D eigenvalue weighted by molar-refractivity contribution is 0.193. The maximum Gasteiger partial charge on any atom is 0.123 e. The first kappa shape index (κ1) is 13.9. The Bertz CT molecular complexity index is 474. The zero-order valence-electron chi connectivity index (χ0n) is 12.2. The SMILES string of the molecule is C[C@@H](O)c1cc(F)ccc1N1CCC2CCCCC2C1. The molecular formula is C17H24FNO. The van der Waals surface area contributed by atoms with Crippen molar-refractivity contribution in [2.75, 3.05) is 18.0 Å². The standard InChI is InChI=1S/C17H24FNO/c1-12(20)16-10-15(18)6-7-17(16)19-9-8-13-4-2-3-5-14(13)11-19/h6-7,10,12-14,20H,2-5,8-9,11H2,1H3/t12-,13?,14?/m1/s1. The van der Waals surface area contributed by atoms with Gasteiger partial charge >= 0.3 is 0 Å². The van der Waals surface area contributed by atoms with Gasteiger partial charge in [0, 0.05) is 24.3 Å². The van der Waals surface area contributed by atoms with Crippen LogP contribution in [0.1, 0.15) is 50.7 Å². The summed E-state index contributed by atoms with van der Waals surface area (Å²) in [5.74, 6) is 1.40. The van der Waals surface area contributed by atoms with Crippen LogP contribution < -0.4 is 4.90 Å². The number of piperidine rings is 1. The van der Waals surface area contributed by atoms with Crippen molar-refractivity contribution in [1.82, 2.24) is 0 Å². The lowest BCUT2D eigenvalue weighted by Gasteiger charge is -2.43. The Morgan fingerprint density at radius 1 is 1.20 bits per heavy atom. The minimum atomic E-state index is -0.621. The average molecular weight is 277 g/mol. The van der Waals surface area contributed by atoms with Gasteiger partial charge in [0.1, 0.15) is 5.82 Å². The van der Waals surface area contributed by atoms with E-state index in [1.165, 1.54) is 44.2 Å². The molecule has 2 nitrogen and oxygen atoms in total. The summed E-state index contributed by atoms with van der Waals surface area (Å²) in [4.78, 5) is 2.36. The van der Waals surface area contributed by atoms with Crippen molar-refractivity contribution < 1.29 is 9.50 Å². The van der Waals surface area contributed by atoms with Crippen molar-refractivity contribution >= 4 is 5.69 Å². The molecule has 2 fully saturated rings. The molecule has 1 aromatic carbocycles. The van der Waals surface area contributed by atoms with Gasteiger partial charge in [-0.3, -0.25) is 0 Å². The van der Waals surface area contributed by atoms with Gasteiger partial charge in [0.2, 0.25) is 0 Å². The minimum Gasteiger partial charge on any atom is -0.389 e. The van der Waals surface area contributed by atoms with Crippen molar-refractivity contribution in [3.63, 3.8) is 0 Å². The molecule has 20 heavy (non-hydrogen) atoms. The highest BCUT2D eigenvalue weighted by Gasteiger charge is 2.32. The summed E-state index contributed by atoms with van der Waals surface area (Å²) >= 11 is 0. The predicted octanol–water partition coefficient (Wildman–Crippen LogP) is 3.90. The molecule has 110 valence electrons. The number of rotatable bonds is 2. The van der Waals surface area contributed by atoms with E-state index in [1.807, 2.05) is 6.07 Å². The Morgan fingerprint density at radius 3 is 2.70 bits per heavy atom. The number of hydrogen-bond acceptors (Lipinski definition) is 2. The maximum atomic E-state index is 13.4. The van der Waals surface area contributed by atoms with Crippen molar-refractivity contribution in [1.29, 1.82) is 0 Å². The fourth-order valence-corrected chi connectivity index (χ4v) is 3.97. The molecule has 0 spiro atoms. The molecule has 2 unspecified atom stereocenters. The summed E-state index contributed by atoms with van der Waals surface area (Å²) in [6, 6.07) is 4.82. The molecule has 1 saturated heterocycles. The van der Waals surface area contributed by atoms with Crippen LogP contribution in [0.2, 0.25) is 0 Å². The van der Waals surface area contributed by atoms with E-state index in [0.29, 0.717) is 0 Å². The Balaban J connectivity index is 1.82. The van der Waals surface area contributed by atoms with Crippen molar-refractivity contribution in [3.05, 3.63) is 29.6 Å². The second-order valence-corrected chi connectivity index (χ2v) is 6.42. The van der Waals surface area contributed by atoms with E-state index < -0.39 is 6.10 Å². The van der Waals surface area contributed by atoms with Crippen LogP contribution in [0.4, 0.5) is 10.1 Å². The summed E-state index contributed by atoms with van der Waals surface area (Å²) in [6.07, 6.45) is 6.06. The van der Waals surface area contributed by atoms with Crippen LogP contribution in [0, 0.1) is 17.7 Å². The number of aliphatic hydroxyl groups excluding tert-OH is 1. The summed E-state index contributed by atoms with van der Waals surface area (Å²) < 4.78 is 13.4. The smallest absolute Gasteiger partial charge is 0.123 e. The fraction of sp³-hybridized carbons (Fsp3) is 0.647. The van der Waals surface area contributed by atoms with Crippen LogP contribution in [-0.4, -0.2) is 18.2 Å². The first-order valence-electron chi connectivity index (χ1n) is 7.87. The number of hydrogen-bond donors (Lipinski definition) is 1. The van der Waals surface area contributed by atoms with Gasteiger partial charge in [0.25, 0.3) is 0 Å². The molecule has 1 heterocycles. The first-order chi connectivity index (χ1) is 9.65. The molecule has 0 bridgehead atoms. The monoisotopic (exact) mass is 277 g/mol. The summed E-state index contributed by atoms with van der Waals surface area (Å²) in [5.41, 5.74) is 1.74. The molecule has 1 aliphatic carbocycles. The van der Waals surface area contributed by atoms with E-state index in [4.69, 9.17) is 0 Å².